The van der Waals surface area contributed by atoms with Crippen LogP contribution in [0.25, 0.3) is 0 Å². The van der Waals surface area contributed by atoms with Crippen LogP contribution >= 0.6 is 0 Å². The Bertz CT molecular complexity index is 1310. The van der Waals surface area contributed by atoms with E-state index in [9.17, 15) is 9.59 Å². The van der Waals surface area contributed by atoms with Gasteiger partial charge in [-0.3, -0.25) is 19.6 Å². The Morgan fingerprint density at radius 3 is 1.10 bits per heavy atom. The summed E-state index contributed by atoms with van der Waals surface area (Å²) in [7, 11) is 0. The van der Waals surface area contributed by atoms with Crippen molar-refractivity contribution >= 4 is 11.8 Å². The summed E-state index contributed by atoms with van der Waals surface area (Å²) in [5.74, 6) is -0.463. The molecule has 4 rings (SSSR count). The molecule has 40 heavy (non-hydrogen) atoms. The second-order valence-corrected chi connectivity index (χ2v) is 12.1. The van der Waals surface area contributed by atoms with Crippen molar-refractivity contribution in [1.29, 1.82) is 0 Å². The molecule has 0 fully saturated rings. The number of amides is 2. The predicted octanol–water partition coefficient (Wildman–Crippen LogP) is 6.71. The summed E-state index contributed by atoms with van der Waals surface area (Å²) < 4.78 is 0. The van der Waals surface area contributed by atoms with E-state index in [0.29, 0.717) is 11.1 Å². The normalized spacial score (nSPS) is 13.2. The minimum atomic E-state index is -0.571. The van der Waals surface area contributed by atoms with E-state index in [0.717, 1.165) is 22.3 Å². The first kappa shape index (κ1) is 28.7. The molecule has 0 spiro atoms. The van der Waals surface area contributed by atoms with Crippen LogP contribution in [0.4, 0.5) is 0 Å². The third-order valence-corrected chi connectivity index (χ3v) is 7.06. The molecule has 0 saturated heterocycles. The second-order valence-electron chi connectivity index (χ2n) is 12.1. The van der Waals surface area contributed by atoms with Crippen LogP contribution in [0.3, 0.4) is 0 Å². The lowest BCUT2D eigenvalue weighted by atomic mass is 9.86. The van der Waals surface area contributed by atoms with Gasteiger partial charge in [0.25, 0.3) is 11.8 Å². The topological polar surface area (TPSA) is 84.0 Å². The van der Waals surface area contributed by atoms with Crippen molar-refractivity contribution in [1.82, 2.24) is 20.6 Å². The molecule has 0 radical (unpaired) electrons. The molecular formula is C34H38N4O2. The van der Waals surface area contributed by atoms with Crippen LogP contribution in [0.5, 0.6) is 0 Å². The molecular weight excluding hydrogens is 496 g/mol. The number of carbonyl (C=O) groups excluding carboxylic acids is 2. The maximum Gasteiger partial charge on any atom is 0.251 e. The van der Waals surface area contributed by atoms with Gasteiger partial charge >= 0.3 is 0 Å². The lowest BCUT2D eigenvalue weighted by Crippen LogP contribution is -2.41. The molecule has 0 aliphatic rings. The summed E-state index contributed by atoms with van der Waals surface area (Å²) in [4.78, 5) is 35.4. The predicted molar refractivity (Wildman–Crippen MR) is 159 cm³/mol. The van der Waals surface area contributed by atoms with E-state index in [1.54, 1.807) is 24.8 Å². The number of carbonyl (C=O) groups is 2. The van der Waals surface area contributed by atoms with E-state index in [1.165, 1.54) is 0 Å². The molecule has 6 nitrogen and oxygen atoms in total. The lowest BCUT2D eigenvalue weighted by molar-refractivity contribution is 0.0881. The minimum absolute atomic E-state index is 0.0175. The van der Waals surface area contributed by atoms with Crippen LogP contribution in [0.1, 0.15) is 96.6 Å². The van der Waals surface area contributed by atoms with E-state index in [1.807, 2.05) is 72.8 Å². The van der Waals surface area contributed by atoms with Gasteiger partial charge in [0.1, 0.15) is 0 Å². The zero-order valence-electron chi connectivity index (χ0n) is 24.1. The number of benzene rings is 2. The monoisotopic (exact) mass is 534 g/mol. The number of rotatable bonds is 7. The Morgan fingerprint density at radius 1 is 0.525 bits per heavy atom. The molecule has 4 aromatic rings. The number of nitrogens with one attached hydrogen (secondary N) is 2. The van der Waals surface area contributed by atoms with Gasteiger partial charge < -0.3 is 10.6 Å². The molecule has 2 amide bonds. The zero-order chi connectivity index (χ0) is 28.9. The Kier molecular flexibility index (Phi) is 8.48. The molecule has 2 heterocycles. The first-order chi connectivity index (χ1) is 18.9. The number of aromatic nitrogens is 2. The molecule has 0 saturated carbocycles. The van der Waals surface area contributed by atoms with Gasteiger partial charge in [0.15, 0.2) is 0 Å². The van der Waals surface area contributed by atoms with Crippen molar-refractivity contribution in [2.45, 2.75) is 64.5 Å². The summed E-state index contributed by atoms with van der Waals surface area (Å²) in [6.45, 7) is 12.8. The van der Waals surface area contributed by atoms with Crippen molar-refractivity contribution in [3.63, 3.8) is 0 Å². The highest BCUT2D eigenvalue weighted by Crippen LogP contribution is 2.30. The summed E-state index contributed by atoms with van der Waals surface area (Å²) in [6, 6.07) is 21.6. The maximum absolute atomic E-state index is 13.6. The second kappa shape index (κ2) is 11.8. The van der Waals surface area contributed by atoms with Crippen molar-refractivity contribution in [2.75, 3.05) is 0 Å². The van der Waals surface area contributed by atoms with Gasteiger partial charge in [-0.25, -0.2) is 0 Å². The van der Waals surface area contributed by atoms with Crippen molar-refractivity contribution in [2.24, 2.45) is 0 Å². The van der Waals surface area contributed by atoms with Gasteiger partial charge in [0.05, 0.1) is 12.1 Å². The van der Waals surface area contributed by atoms with Crippen LogP contribution in [-0.2, 0) is 10.8 Å². The van der Waals surface area contributed by atoms with Crippen LogP contribution in [-0.4, -0.2) is 21.8 Å². The van der Waals surface area contributed by atoms with Crippen molar-refractivity contribution < 1.29 is 9.59 Å². The fraction of sp³-hybridized carbons (Fsp3) is 0.294. The van der Waals surface area contributed by atoms with E-state index in [2.05, 4.69) is 62.1 Å². The molecule has 0 aliphatic carbocycles. The highest BCUT2D eigenvalue weighted by Gasteiger charge is 2.29. The molecule has 0 aliphatic heterocycles. The van der Waals surface area contributed by atoms with Gasteiger partial charge in [-0.2, -0.15) is 0 Å². The summed E-state index contributed by atoms with van der Waals surface area (Å²) >= 11 is 0. The Morgan fingerprint density at radius 2 is 0.825 bits per heavy atom. The van der Waals surface area contributed by atoms with Crippen LogP contribution < -0.4 is 10.6 Å². The van der Waals surface area contributed by atoms with Crippen LogP contribution in [0.2, 0.25) is 0 Å². The van der Waals surface area contributed by atoms with Gasteiger partial charge in [0, 0.05) is 35.9 Å². The number of hydrogen-bond acceptors (Lipinski definition) is 4. The van der Waals surface area contributed by atoms with E-state index in [4.69, 9.17) is 0 Å². The molecule has 2 N–H and O–H groups in total. The highest BCUT2D eigenvalue weighted by molar-refractivity contribution is 5.96. The van der Waals surface area contributed by atoms with Crippen LogP contribution in [0.15, 0.2) is 97.6 Å². The van der Waals surface area contributed by atoms with Crippen molar-refractivity contribution in [3.8, 4) is 0 Å². The zero-order valence-corrected chi connectivity index (χ0v) is 24.1. The maximum atomic E-state index is 13.6. The molecule has 2 unspecified atom stereocenters. The largest absolute Gasteiger partial charge is 0.343 e. The molecule has 206 valence electrons. The minimum Gasteiger partial charge on any atom is -0.343 e. The molecule has 2 atom stereocenters. The van der Waals surface area contributed by atoms with Gasteiger partial charge in [-0.05, 0) is 81.6 Å². The standard InChI is InChI=1S/C34H38N4O2/c1-33(2,3)27-11-7-25(8-12-27)31(39)37-29(23-15-19-35-20-16-23)30(24-17-21-36-22-18-24)38-32(40)26-9-13-28(14-10-26)34(4,5)6/h7-22,29-30H,1-6H3,(H,37,39)(H,38,40). The summed E-state index contributed by atoms with van der Waals surface area (Å²) in [6.07, 6.45) is 6.74. The highest BCUT2D eigenvalue weighted by atomic mass is 16.2. The van der Waals surface area contributed by atoms with Gasteiger partial charge in [0.2, 0.25) is 0 Å². The number of hydrogen-bond donors (Lipinski definition) is 2. The summed E-state index contributed by atoms with van der Waals surface area (Å²) in [5, 5.41) is 6.38. The molecule has 2 aromatic heterocycles. The summed E-state index contributed by atoms with van der Waals surface area (Å²) in [5.41, 5.74) is 4.99. The Hall–Kier alpha value is -4.32. The SMILES string of the molecule is CC(C)(C)c1ccc(C(=O)NC(c2ccncc2)C(NC(=O)c2ccc(C(C)(C)C)cc2)c2ccncc2)cc1. The average Bonchev–Trinajstić information content (AvgIpc) is 2.95. The van der Waals surface area contributed by atoms with Crippen LogP contribution in [0, 0.1) is 0 Å². The number of nitrogens with zero attached hydrogens (tertiary/aromatic N) is 2. The third kappa shape index (κ3) is 7.00. The van der Waals surface area contributed by atoms with Crippen molar-refractivity contribution in [3.05, 3.63) is 131 Å². The molecule has 6 heteroatoms. The Labute approximate surface area is 237 Å². The van der Waals surface area contributed by atoms with Gasteiger partial charge in [-0.1, -0.05) is 65.8 Å². The van der Waals surface area contributed by atoms with E-state index in [-0.39, 0.29) is 22.6 Å². The first-order valence-corrected chi connectivity index (χ1v) is 13.6. The third-order valence-electron chi connectivity index (χ3n) is 7.06. The fourth-order valence-electron chi connectivity index (χ4n) is 4.55. The lowest BCUT2D eigenvalue weighted by Gasteiger charge is -2.30. The Balaban J connectivity index is 1.68. The fourth-order valence-corrected chi connectivity index (χ4v) is 4.55. The van der Waals surface area contributed by atoms with E-state index >= 15 is 0 Å². The smallest absolute Gasteiger partial charge is 0.251 e. The quantitative estimate of drug-likeness (QED) is 0.276. The molecule has 2 aromatic carbocycles. The van der Waals surface area contributed by atoms with Gasteiger partial charge in [-0.15, -0.1) is 0 Å². The van der Waals surface area contributed by atoms with E-state index < -0.39 is 12.1 Å². The average molecular weight is 535 g/mol. The molecule has 0 bridgehead atoms. The number of pyridine rings is 2. The first-order valence-electron chi connectivity index (χ1n) is 13.6.